The van der Waals surface area contributed by atoms with Crippen LogP contribution in [0.4, 0.5) is 0 Å². The van der Waals surface area contributed by atoms with E-state index in [2.05, 4.69) is 69.3 Å². The van der Waals surface area contributed by atoms with Gasteiger partial charge in [0.15, 0.2) is 0 Å². The van der Waals surface area contributed by atoms with Crippen molar-refractivity contribution in [1.82, 2.24) is 5.32 Å². The minimum absolute atomic E-state index is 0.459. The second kappa shape index (κ2) is 7.24. The molecule has 0 heterocycles. The number of hydrogen-bond acceptors (Lipinski definition) is 1. The molecule has 3 atom stereocenters. The van der Waals surface area contributed by atoms with Crippen LogP contribution in [0.1, 0.15) is 50.6 Å². The van der Waals surface area contributed by atoms with Crippen LogP contribution in [0.2, 0.25) is 0 Å². The third-order valence-corrected chi connectivity index (χ3v) is 5.69. The third-order valence-electron chi connectivity index (χ3n) is 4.48. The van der Waals surface area contributed by atoms with E-state index in [1.54, 1.807) is 0 Å². The molecule has 0 bridgehead atoms. The molecule has 0 aromatic heterocycles. The normalized spacial score (nSPS) is 25.3. The van der Waals surface area contributed by atoms with Crippen LogP contribution in [-0.4, -0.2) is 7.05 Å². The molecule has 1 aromatic rings. The highest BCUT2D eigenvalue weighted by Crippen LogP contribution is 2.40. The summed E-state index contributed by atoms with van der Waals surface area (Å²) in [6, 6.07) is 6.95. The molecule has 2 rings (SSSR count). The maximum absolute atomic E-state index is 3.71. The lowest BCUT2D eigenvalue weighted by Crippen LogP contribution is -2.29. The fourth-order valence-corrected chi connectivity index (χ4v) is 4.28. The highest BCUT2D eigenvalue weighted by Gasteiger charge is 2.28. The van der Waals surface area contributed by atoms with E-state index < -0.39 is 0 Å². The van der Waals surface area contributed by atoms with E-state index in [-0.39, 0.29) is 0 Å². The smallest absolute Gasteiger partial charge is 0.0357 e. The molecule has 19 heavy (non-hydrogen) atoms. The zero-order valence-electron chi connectivity index (χ0n) is 11.8. The first-order valence-electron chi connectivity index (χ1n) is 7.28. The predicted octanol–water partition coefficient (Wildman–Crippen LogP) is 5.69. The van der Waals surface area contributed by atoms with E-state index in [1.165, 1.54) is 42.1 Å². The zero-order valence-corrected chi connectivity index (χ0v) is 14.9. The lowest BCUT2D eigenvalue weighted by Gasteiger charge is -2.35. The number of halogens is 2. The van der Waals surface area contributed by atoms with Gasteiger partial charge in [-0.1, -0.05) is 58.0 Å². The van der Waals surface area contributed by atoms with Gasteiger partial charge in [-0.05, 0) is 55.5 Å². The van der Waals surface area contributed by atoms with E-state index in [0.29, 0.717) is 6.04 Å². The first kappa shape index (κ1) is 15.5. The van der Waals surface area contributed by atoms with Gasteiger partial charge >= 0.3 is 0 Å². The summed E-state index contributed by atoms with van der Waals surface area (Å²) in [6.07, 6.45) is 6.84. The maximum atomic E-state index is 3.71. The second-order valence-corrected chi connectivity index (χ2v) is 7.40. The van der Waals surface area contributed by atoms with Crippen LogP contribution in [0.5, 0.6) is 0 Å². The molecule has 106 valence electrons. The highest BCUT2D eigenvalue weighted by atomic mass is 79.9. The van der Waals surface area contributed by atoms with Gasteiger partial charge in [-0.2, -0.15) is 0 Å². The SMILES string of the molecule is CCC1CCCC(C(NC)c2cc(Br)ccc2Br)C1. The summed E-state index contributed by atoms with van der Waals surface area (Å²) in [5, 5.41) is 3.55. The third kappa shape index (κ3) is 3.83. The fourth-order valence-electron chi connectivity index (χ4n) is 3.40. The predicted molar refractivity (Wildman–Crippen MR) is 89.4 cm³/mol. The summed E-state index contributed by atoms with van der Waals surface area (Å²) in [7, 11) is 2.09. The Morgan fingerprint density at radius 1 is 1.32 bits per heavy atom. The Kier molecular flexibility index (Phi) is 5.91. The number of nitrogens with one attached hydrogen (secondary N) is 1. The Labute approximate surface area is 133 Å². The van der Waals surface area contributed by atoms with Gasteiger partial charge in [-0.15, -0.1) is 0 Å². The number of hydrogen-bond donors (Lipinski definition) is 1. The van der Waals surface area contributed by atoms with Gasteiger partial charge in [0.05, 0.1) is 0 Å². The first-order chi connectivity index (χ1) is 9.15. The quantitative estimate of drug-likeness (QED) is 0.698. The van der Waals surface area contributed by atoms with Crippen LogP contribution in [0.25, 0.3) is 0 Å². The van der Waals surface area contributed by atoms with Gasteiger partial charge in [0.2, 0.25) is 0 Å². The Morgan fingerprint density at radius 2 is 2.11 bits per heavy atom. The first-order valence-corrected chi connectivity index (χ1v) is 8.86. The Balaban J connectivity index is 2.21. The van der Waals surface area contributed by atoms with Gasteiger partial charge in [0.1, 0.15) is 0 Å². The van der Waals surface area contributed by atoms with Crippen molar-refractivity contribution < 1.29 is 0 Å². The van der Waals surface area contributed by atoms with Gasteiger partial charge in [0.25, 0.3) is 0 Å². The molecule has 0 amide bonds. The maximum Gasteiger partial charge on any atom is 0.0357 e. The van der Waals surface area contributed by atoms with Crippen LogP contribution in [0.3, 0.4) is 0 Å². The van der Waals surface area contributed by atoms with Crippen molar-refractivity contribution in [3.05, 3.63) is 32.7 Å². The lowest BCUT2D eigenvalue weighted by atomic mass is 9.75. The van der Waals surface area contributed by atoms with E-state index in [4.69, 9.17) is 0 Å². The average molecular weight is 389 g/mol. The molecule has 0 radical (unpaired) electrons. The summed E-state index contributed by atoms with van der Waals surface area (Å²) in [4.78, 5) is 0. The van der Waals surface area contributed by atoms with Crippen molar-refractivity contribution in [3.8, 4) is 0 Å². The minimum Gasteiger partial charge on any atom is -0.313 e. The molecule has 3 unspecified atom stereocenters. The summed E-state index contributed by atoms with van der Waals surface area (Å²) in [5.74, 6) is 1.68. The van der Waals surface area contributed by atoms with Crippen molar-refractivity contribution in [2.45, 2.75) is 45.1 Å². The van der Waals surface area contributed by atoms with Gasteiger partial charge < -0.3 is 5.32 Å². The second-order valence-electron chi connectivity index (χ2n) is 5.63. The lowest BCUT2D eigenvalue weighted by molar-refractivity contribution is 0.214. The Bertz CT molecular complexity index is 419. The molecular formula is C16H23Br2N. The summed E-state index contributed by atoms with van der Waals surface area (Å²) < 4.78 is 2.38. The molecule has 1 fully saturated rings. The van der Waals surface area contributed by atoms with Gasteiger partial charge in [0, 0.05) is 15.0 Å². The molecule has 0 spiro atoms. The van der Waals surface area contributed by atoms with Gasteiger partial charge in [-0.25, -0.2) is 0 Å². The summed E-state index contributed by atoms with van der Waals surface area (Å²) in [5.41, 5.74) is 1.39. The van der Waals surface area contributed by atoms with Crippen LogP contribution in [0.15, 0.2) is 27.1 Å². The topological polar surface area (TPSA) is 12.0 Å². The number of rotatable bonds is 4. The van der Waals surface area contributed by atoms with Crippen molar-refractivity contribution in [2.24, 2.45) is 11.8 Å². The van der Waals surface area contributed by atoms with Crippen molar-refractivity contribution in [1.29, 1.82) is 0 Å². The molecule has 1 aromatic carbocycles. The molecule has 1 saturated carbocycles. The standard InChI is InChI=1S/C16H23Br2N/c1-3-11-5-4-6-12(9-11)16(19-2)14-10-13(17)7-8-15(14)18/h7-8,10-12,16,19H,3-6,9H2,1-2H3. The average Bonchev–Trinajstić information content (AvgIpc) is 2.44. The molecule has 1 nitrogen and oxygen atoms in total. The Hall–Kier alpha value is 0.140. The summed E-state index contributed by atoms with van der Waals surface area (Å²) >= 11 is 7.30. The van der Waals surface area contributed by atoms with Crippen LogP contribution in [-0.2, 0) is 0 Å². The molecule has 3 heteroatoms. The van der Waals surface area contributed by atoms with Crippen LogP contribution >= 0.6 is 31.9 Å². The molecule has 0 aliphatic heterocycles. The molecule has 1 aliphatic carbocycles. The molecule has 1 N–H and O–H groups in total. The van der Waals surface area contributed by atoms with Crippen molar-refractivity contribution >= 4 is 31.9 Å². The monoisotopic (exact) mass is 387 g/mol. The van der Waals surface area contributed by atoms with E-state index in [0.717, 1.165) is 16.3 Å². The zero-order chi connectivity index (χ0) is 13.8. The molecule has 0 saturated heterocycles. The summed E-state index contributed by atoms with van der Waals surface area (Å²) in [6.45, 7) is 2.33. The van der Waals surface area contributed by atoms with Crippen LogP contribution in [0, 0.1) is 11.8 Å². The van der Waals surface area contributed by atoms with Crippen molar-refractivity contribution in [3.63, 3.8) is 0 Å². The van der Waals surface area contributed by atoms with E-state index in [9.17, 15) is 0 Å². The van der Waals surface area contributed by atoms with Crippen LogP contribution < -0.4 is 5.32 Å². The number of benzene rings is 1. The Morgan fingerprint density at radius 3 is 2.79 bits per heavy atom. The van der Waals surface area contributed by atoms with E-state index >= 15 is 0 Å². The highest BCUT2D eigenvalue weighted by molar-refractivity contribution is 9.11. The van der Waals surface area contributed by atoms with Gasteiger partial charge in [-0.3, -0.25) is 0 Å². The van der Waals surface area contributed by atoms with Crippen molar-refractivity contribution in [2.75, 3.05) is 7.05 Å². The minimum atomic E-state index is 0.459. The molecule has 1 aliphatic rings. The largest absolute Gasteiger partial charge is 0.313 e. The molecular weight excluding hydrogens is 366 g/mol. The fraction of sp³-hybridized carbons (Fsp3) is 0.625. The van der Waals surface area contributed by atoms with E-state index in [1.807, 2.05) is 0 Å².